The van der Waals surface area contributed by atoms with Crippen molar-refractivity contribution in [2.75, 3.05) is 13.6 Å². The monoisotopic (exact) mass is 339 g/mol. The Morgan fingerprint density at radius 2 is 1.76 bits per heavy atom. The van der Waals surface area contributed by atoms with Gasteiger partial charge in [0.05, 0.1) is 0 Å². The Bertz CT molecular complexity index is 673. The van der Waals surface area contributed by atoms with Crippen molar-refractivity contribution in [1.29, 1.82) is 0 Å². The van der Waals surface area contributed by atoms with Gasteiger partial charge in [-0.15, -0.1) is 0 Å². The summed E-state index contributed by atoms with van der Waals surface area (Å²) in [7, 11) is 2.00. The molecule has 0 aromatic heterocycles. The molecule has 25 heavy (non-hydrogen) atoms. The first-order valence-electron chi connectivity index (χ1n) is 9.50. The van der Waals surface area contributed by atoms with Crippen molar-refractivity contribution < 1.29 is 4.79 Å². The van der Waals surface area contributed by atoms with Gasteiger partial charge in [-0.25, -0.2) is 0 Å². The molecule has 0 bridgehead atoms. The lowest BCUT2D eigenvalue weighted by molar-refractivity contribution is 0.101. The van der Waals surface area contributed by atoms with E-state index in [9.17, 15) is 4.79 Å². The predicted molar refractivity (Wildman–Crippen MR) is 108 cm³/mol. The number of likely N-dealkylation sites (N-methyl/N-ethyl adjacent to an activating group) is 1. The number of Topliss-reactive ketones (excluding diaryl/α,β-unsaturated/α-hetero) is 1. The normalized spacial score (nSPS) is 20.4. The molecule has 0 aliphatic heterocycles. The van der Waals surface area contributed by atoms with Gasteiger partial charge in [-0.05, 0) is 49.8 Å². The van der Waals surface area contributed by atoms with Crippen LogP contribution >= 0.6 is 0 Å². The fraction of sp³-hybridized carbons (Fsp3) is 0.522. The minimum absolute atomic E-state index is 0.0150. The van der Waals surface area contributed by atoms with E-state index < -0.39 is 0 Å². The van der Waals surface area contributed by atoms with E-state index in [2.05, 4.69) is 57.3 Å². The molecule has 0 fully saturated rings. The summed E-state index contributed by atoms with van der Waals surface area (Å²) in [4.78, 5) is 11.6. The van der Waals surface area contributed by atoms with Gasteiger partial charge < -0.3 is 5.32 Å². The van der Waals surface area contributed by atoms with Crippen LogP contribution in [0.1, 0.15) is 69.8 Å². The quantitative estimate of drug-likeness (QED) is 0.535. The second-order valence-electron chi connectivity index (χ2n) is 7.74. The Labute approximate surface area is 153 Å². The predicted octanol–water partition coefficient (Wildman–Crippen LogP) is 5.65. The molecule has 0 unspecified atom stereocenters. The molecule has 0 heterocycles. The number of rotatable bonds is 6. The van der Waals surface area contributed by atoms with E-state index in [0.717, 1.165) is 31.4 Å². The zero-order chi connectivity index (χ0) is 18.7. The molecule has 0 atom stereocenters. The maximum absolute atomic E-state index is 11.6. The maximum Gasteiger partial charge on any atom is 0.159 e. The van der Waals surface area contributed by atoms with Crippen molar-refractivity contribution in [3.63, 3.8) is 0 Å². The summed E-state index contributed by atoms with van der Waals surface area (Å²) < 4.78 is 0. The highest BCUT2D eigenvalue weighted by Crippen LogP contribution is 2.56. The largest absolute Gasteiger partial charge is 0.316 e. The summed E-state index contributed by atoms with van der Waals surface area (Å²) in [6, 6.07) is 8.11. The lowest BCUT2D eigenvalue weighted by atomic mass is 9.56. The molecule has 0 saturated heterocycles. The van der Waals surface area contributed by atoms with E-state index in [0.29, 0.717) is 0 Å². The zero-order valence-corrected chi connectivity index (χ0v) is 16.7. The zero-order valence-electron chi connectivity index (χ0n) is 16.7. The number of hydrogen-bond donors (Lipinski definition) is 1. The van der Waals surface area contributed by atoms with Crippen molar-refractivity contribution in [2.45, 2.75) is 53.9 Å². The average molecular weight is 340 g/mol. The standard InChI is InChI=1S/C23H33NO/c1-7-23(8-2)15-13-20(22(4,5)21(23)14-16-24-6)19-11-9-18(10-12-19)17(3)25/h9-14,24H,7-8,15-16H2,1-6H3/b21-14-. The average Bonchev–Trinajstić information content (AvgIpc) is 2.60. The van der Waals surface area contributed by atoms with E-state index in [4.69, 9.17) is 0 Å². The molecule has 2 nitrogen and oxygen atoms in total. The van der Waals surface area contributed by atoms with Crippen molar-refractivity contribution in [3.8, 4) is 0 Å². The number of hydrogen-bond acceptors (Lipinski definition) is 2. The van der Waals surface area contributed by atoms with Gasteiger partial charge in [0.25, 0.3) is 0 Å². The molecule has 1 aliphatic rings. The van der Waals surface area contributed by atoms with Crippen LogP contribution in [-0.4, -0.2) is 19.4 Å². The van der Waals surface area contributed by atoms with Crippen LogP contribution in [0.2, 0.25) is 0 Å². The molecule has 0 amide bonds. The van der Waals surface area contributed by atoms with Gasteiger partial charge in [0.1, 0.15) is 0 Å². The fourth-order valence-corrected chi connectivity index (χ4v) is 4.43. The van der Waals surface area contributed by atoms with E-state index in [1.54, 1.807) is 12.5 Å². The van der Waals surface area contributed by atoms with Gasteiger partial charge in [-0.2, -0.15) is 0 Å². The van der Waals surface area contributed by atoms with Gasteiger partial charge in [0.15, 0.2) is 5.78 Å². The van der Waals surface area contributed by atoms with Gasteiger partial charge >= 0.3 is 0 Å². The van der Waals surface area contributed by atoms with E-state index >= 15 is 0 Å². The summed E-state index contributed by atoms with van der Waals surface area (Å²) >= 11 is 0. The molecule has 1 aromatic carbocycles. The van der Waals surface area contributed by atoms with Crippen molar-refractivity contribution in [1.82, 2.24) is 5.32 Å². The van der Waals surface area contributed by atoms with Gasteiger partial charge in [0.2, 0.25) is 0 Å². The van der Waals surface area contributed by atoms with E-state index in [-0.39, 0.29) is 16.6 Å². The van der Waals surface area contributed by atoms with Crippen molar-refractivity contribution in [3.05, 3.63) is 53.1 Å². The number of nitrogens with one attached hydrogen (secondary N) is 1. The molecule has 136 valence electrons. The van der Waals surface area contributed by atoms with Crippen LogP contribution in [0.3, 0.4) is 0 Å². The van der Waals surface area contributed by atoms with Crippen molar-refractivity contribution in [2.24, 2.45) is 10.8 Å². The summed E-state index contributed by atoms with van der Waals surface area (Å²) in [5.74, 6) is 0.119. The number of benzene rings is 1. The lowest BCUT2D eigenvalue weighted by Crippen LogP contribution is -2.36. The highest BCUT2D eigenvalue weighted by atomic mass is 16.1. The SMILES string of the molecule is CCC1(CC)CC=C(c2ccc(C(C)=O)cc2)C(C)(C)/C1=C/CNC. The minimum Gasteiger partial charge on any atom is -0.316 e. The van der Waals surface area contributed by atoms with Crippen LogP contribution in [0.25, 0.3) is 5.57 Å². The summed E-state index contributed by atoms with van der Waals surface area (Å²) in [6.45, 7) is 11.8. The Hall–Kier alpha value is -1.67. The molecule has 1 aliphatic carbocycles. The van der Waals surface area contributed by atoms with Crippen LogP contribution in [0.5, 0.6) is 0 Å². The topological polar surface area (TPSA) is 29.1 Å². The first kappa shape index (κ1) is 19.7. The fourth-order valence-electron chi connectivity index (χ4n) is 4.43. The molecular formula is C23H33NO. The highest BCUT2D eigenvalue weighted by Gasteiger charge is 2.43. The number of carbonyl (C=O) groups is 1. The number of allylic oxidation sites excluding steroid dienone is 3. The molecule has 0 radical (unpaired) electrons. The second kappa shape index (κ2) is 7.70. The summed E-state index contributed by atoms with van der Waals surface area (Å²) in [5.41, 5.74) is 5.17. The van der Waals surface area contributed by atoms with Gasteiger partial charge in [0, 0.05) is 17.5 Å². The van der Waals surface area contributed by atoms with E-state index in [1.807, 2.05) is 19.2 Å². The highest BCUT2D eigenvalue weighted by molar-refractivity contribution is 5.94. The summed E-state index contributed by atoms with van der Waals surface area (Å²) in [5, 5.41) is 3.28. The molecule has 1 aromatic rings. The molecule has 2 rings (SSSR count). The third-order valence-electron chi connectivity index (χ3n) is 6.08. The van der Waals surface area contributed by atoms with Crippen LogP contribution in [0.4, 0.5) is 0 Å². The Kier molecular flexibility index (Phi) is 6.05. The molecule has 0 saturated carbocycles. The van der Waals surface area contributed by atoms with Crippen LogP contribution in [0, 0.1) is 10.8 Å². The molecule has 2 heteroatoms. The third kappa shape index (κ3) is 3.64. The van der Waals surface area contributed by atoms with Crippen LogP contribution < -0.4 is 5.32 Å². The Morgan fingerprint density at radius 1 is 1.16 bits per heavy atom. The smallest absolute Gasteiger partial charge is 0.159 e. The lowest BCUT2D eigenvalue weighted by Gasteiger charge is -2.48. The van der Waals surface area contributed by atoms with Gasteiger partial charge in [-0.1, -0.05) is 69.7 Å². The first-order valence-corrected chi connectivity index (χ1v) is 9.50. The van der Waals surface area contributed by atoms with Crippen LogP contribution in [-0.2, 0) is 0 Å². The summed E-state index contributed by atoms with van der Waals surface area (Å²) in [6.07, 6.45) is 8.25. The van der Waals surface area contributed by atoms with Crippen molar-refractivity contribution >= 4 is 11.4 Å². The molecule has 1 N–H and O–H groups in total. The number of carbonyl (C=O) groups excluding carboxylic acids is 1. The Morgan fingerprint density at radius 3 is 2.24 bits per heavy atom. The van der Waals surface area contributed by atoms with Gasteiger partial charge in [-0.3, -0.25) is 4.79 Å². The van der Waals surface area contributed by atoms with Crippen LogP contribution in [0.15, 0.2) is 42.0 Å². The first-order chi connectivity index (χ1) is 11.8. The Balaban J connectivity index is 2.53. The minimum atomic E-state index is -0.0150. The number of ketones is 1. The third-order valence-corrected chi connectivity index (χ3v) is 6.08. The van der Waals surface area contributed by atoms with E-state index in [1.165, 1.54) is 11.1 Å². The second-order valence-corrected chi connectivity index (χ2v) is 7.74. The molecular weight excluding hydrogens is 306 g/mol. The maximum atomic E-state index is 11.6. The molecule has 0 spiro atoms.